The molecule has 1 N–H and O–H groups in total. The molecule has 0 aromatic carbocycles. The quantitative estimate of drug-likeness (QED) is 0.877. The molecule has 16 heavy (non-hydrogen) atoms. The van der Waals surface area contributed by atoms with Crippen molar-refractivity contribution in [3.8, 4) is 0 Å². The predicted molar refractivity (Wildman–Crippen MR) is 68.0 cm³/mol. The Kier molecular flexibility index (Phi) is 3.37. The lowest BCUT2D eigenvalue weighted by molar-refractivity contribution is 0.453. The zero-order valence-corrected chi connectivity index (χ0v) is 11.1. The Morgan fingerprint density at radius 3 is 2.81 bits per heavy atom. The second-order valence-corrected chi connectivity index (χ2v) is 4.56. The second kappa shape index (κ2) is 4.77. The van der Waals surface area contributed by atoms with Crippen molar-refractivity contribution < 1.29 is 4.42 Å². The van der Waals surface area contributed by atoms with Crippen LogP contribution in [0.4, 0.5) is 5.82 Å². The van der Waals surface area contributed by atoms with Crippen molar-refractivity contribution >= 4 is 28.4 Å². The summed E-state index contributed by atoms with van der Waals surface area (Å²) in [7, 11) is 0. The van der Waals surface area contributed by atoms with Crippen molar-refractivity contribution in [1.29, 1.82) is 0 Å². The average Bonchev–Trinajstić information content (AvgIpc) is 2.68. The van der Waals surface area contributed by atoms with Crippen molar-refractivity contribution in [3.63, 3.8) is 0 Å². The molecule has 84 valence electrons. The first-order valence-corrected chi connectivity index (χ1v) is 5.89. The predicted octanol–water partition coefficient (Wildman–Crippen LogP) is 2.55. The molecule has 2 rings (SSSR count). The third-order valence-electron chi connectivity index (χ3n) is 2.03. The summed E-state index contributed by atoms with van der Waals surface area (Å²) < 4.78 is 6.41. The number of hydrogen-bond acceptors (Lipinski definition) is 5. The monoisotopic (exact) mass is 330 g/mol. The van der Waals surface area contributed by atoms with Gasteiger partial charge in [-0.15, -0.1) is 0 Å². The number of aryl methyl sites for hydroxylation is 1. The maximum Gasteiger partial charge on any atom is 0.216 e. The molecule has 1 atom stereocenters. The zero-order valence-electron chi connectivity index (χ0n) is 8.94. The molecule has 2 aromatic rings. The number of nitrogens with zero attached hydrogens (tertiary/aromatic N) is 3. The van der Waals surface area contributed by atoms with E-state index in [0.29, 0.717) is 5.89 Å². The SMILES string of the molecule is Cc1cnc(C(C)Nc2ncncc2I)o1. The highest BCUT2D eigenvalue weighted by Crippen LogP contribution is 2.20. The summed E-state index contributed by atoms with van der Waals surface area (Å²) in [5.74, 6) is 2.26. The van der Waals surface area contributed by atoms with Gasteiger partial charge < -0.3 is 9.73 Å². The Morgan fingerprint density at radius 1 is 1.38 bits per heavy atom. The van der Waals surface area contributed by atoms with E-state index in [1.807, 2.05) is 13.8 Å². The fourth-order valence-electron chi connectivity index (χ4n) is 1.26. The summed E-state index contributed by atoms with van der Waals surface area (Å²) in [6, 6.07) is -0.0166. The Bertz CT molecular complexity index is 485. The average molecular weight is 330 g/mol. The summed E-state index contributed by atoms with van der Waals surface area (Å²) in [6.07, 6.45) is 4.97. The smallest absolute Gasteiger partial charge is 0.216 e. The molecule has 0 saturated heterocycles. The summed E-state index contributed by atoms with van der Waals surface area (Å²) in [4.78, 5) is 12.2. The van der Waals surface area contributed by atoms with Gasteiger partial charge in [0, 0.05) is 6.20 Å². The Labute approximate surface area is 107 Å². The molecule has 0 amide bonds. The Hall–Kier alpha value is -1.18. The topological polar surface area (TPSA) is 63.8 Å². The van der Waals surface area contributed by atoms with Crippen LogP contribution in [-0.2, 0) is 0 Å². The van der Waals surface area contributed by atoms with Crippen LogP contribution in [0.5, 0.6) is 0 Å². The van der Waals surface area contributed by atoms with Crippen LogP contribution >= 0.6 is 22.6 Å². The molecule has 0 saturated carbocycles. The van der Waals surface area contributed by atoms with Crippen molar-refractivity contribution in [3.05, 3.63) is 33.9 Å². The van der Waals surface area contributed by atoms with E-state index in [0.717, 1.165) is 15.1 Å². The van der Waals surface area contributed by atoms with Crippen LogP contribution in [0.25, 0.3) is 0 Å². The number of halogens is 1. The summed E-state index contributed by atoms with van der Waals surface area (Å²) in [5, 5.41) is 3.22. The van der Waals surface area contributed by atoms with Gasteiger partial charge in [0.2, 0.25) is 5.89 Å². The van der Waals surface area contributed by atoms with Gasteiger partial charge in [-0.1, -0.05) is 0 Å². The highest BCUT2D eigenvalue weighted by atomic mass is 127. The summed E-state index contributed by atoms with van der Waals surface area (Å²) in [5.41, 5.74) is 0. The van der Waals surface area contributed by atoms with E-state index in [-0.39, 0.29) is 6.04 Å². The molecule has 0 bridgehead atoms. The molecular weight excluding hydrogens is 319 g/mol. The number of rotatable bonds is 3. The van der Waals surface area contributed by atoms with Crippen LogP contribution in [0.1, 0.15) is 24.6 Å². The van der Waals surface area contributed by atoms with E-state index in [1.165, 1.54) is 6.33 Å². The molecule has 0 spiro atoms. The number of anilines is 1. The molecule has 1 unspecified atom stereocenters. The van der Waals surface area contributed by atoms with Gasteiger partial charge in [-0.2, -0.15) is 0 Å². The van der Waals surface area contributed by atoms with E-state index in [4.69, 9.17) is 4.42 Å². The largest absolute Gasteiger partial charge is 0.444 e. The highest BCUT2D eigenvalue weighted by Gasteiger charge is 2.12. The van der Waals surface area contributed by atoms with E-state index < -0.39 is 0 Å². The first-order chi connectivity index (χ1) is 7.66. The third-order valence-corrected chi connectivity index (χ3v) is 2.82. The maximum atomic E-state index is 5.44. The lowest BCUT2D eigenvalue weighted by atomic mass is 10.3. The van der Waals surface area contributed by atoms with Gasteiger partial charge >= 0.3 is 0 Å². The first-order valence-electron chi connectivity index (χ1n) is 4.81. The molecular formula is C10H11IN4O. The standard InChI is InChI=1S/C10H11IN4O/c1-6-3-13-10(16-6)7(2)15-9-8(11)4-12-5-14-9/h3-5,7H,1-2H3,(H,12,14,15). The second-order valence-electron chi connectivity index (χ2n) is 3.39. The summed E-state index contributed by atoms with van der Waals surface area (Å²) >= 11 is 2.18. The van der Waals surface area contributed by atoms with Crippen LogP contribution in [0.15, 0.2) is 23.1 Å². The molecule has 6 heteroatoms. The maximum absolute atomic E-state index is 5.44. The van der Waals surface area contributed by atoms with Gasteiger partial charge in [0.05, 0.1) is 9.77 Å². The highest BCUT2D eigenvalue weighted by molar-refractivity contribution is 14.1. The summed E-state index contributed by atoms with van der Waals surface area (Å²) in [6.45, 7) is 3.85. The Morgan fingerprint density at radius 2 is 2.19 bits per heavy atom. The van der Waals surface area contributed by atoms with Crippen molar-refractivity contribution in [2.45, 2.75) is 19.9 Å². The minimum absolute atomic E-state index is 0.0166. The van der Waals surface area contributed by atoms with Crippen LogP contribution < -0.4 is 5.32 Å². The number of aromatic nitrogens is 3. The molecule has 2 aromatic heterocycles. The fourth-order valence-corrected chi connectivity index (χ4v) is 1.71. The third kappa shape index (κ3) is 2.49. The normalized spacial score (nSPS) is 12.4. The lowest BCUT2D eigenvalue weighted by Crippen LogP contribution is -2.09. The van der Waals surface area contributed by atoms with E-state index >= 15 is 0 Å². The lowest BCUT2D eigenvalue weighted by Gasteiger charge is -2.11. The minimum Gasteiger partial charge on any atom is -0.444 e. The number of hydrogen-bond donors (Lipinski definition) is 1. The van der Waals surface area contributed by atoms with Crippen LogP contribution in [0, 0.1) is 10.5 Å². The molecule has 5 nitrogen and oxygen atoms in total. The molecule has 0 aliphatic rings. The van der Waals surface area contributed by atoms with Crippen LogP contribution in [0.3, 0.4) is 0 Å². The molecule has 0 aliphatic heterocycles. The van der Waals surface area contributed by atoms with E-state index in [2.05, 4.69) is 42.9 Å². The minimum atomic E-state index is -0.0166. The van der Waals surface area contributed by atoms with Gasteiger partial charge in [0.25, 0.3) is 0 Å². The van der Waals surface area contributed by atoms with Crippen molar-refractivity contribution in [2.24, 2.45) is 0 Å². The van der Waals surface area contributed by atoms with Crippen LogP contribution in [0.2, 0.25) is 0 Å². The molecule has 0 aliphatic carbocycles. The first kappa shape index (κ1) is 11.3. The van der Waals surface area contributed by atoms with Gasteiger partial charge in [-0.05, 0) is 36.4 Å². The van der Waals surface area contributed by atoms with Crippen molar-refractivity contribution in [1.82, 2.24) is 15.0 Å². The number of nitrogens with one attached hydrogen (secondary N) is 1. The van der Waals surface area contributed by atoms with Gasteiger partial charge in [-0.25, -0.2) is 15.0 Å². The van der Waals surface area contributed by atoms with E-state index in [1.54, 1.807) is 12.4 Å². The van der Waals surface area contributed by atoms with Gasteiger partial charge in [0.1, 0.15) is 23.9 Å². The van der Waals surface area contributed by atoms with Gasteiger partial charge in [-0.3, -0.25) is 0 Å². The number of oxazole rings is 1. The molecule has 0 radical (unpaired) electrons. The zero-order chi connectivity index (χ0) is 11.5. The molecule has 2 heterocycles. The van der Waals surface area contributed by atoms with Crippen molar-refractivity contribution in [2.75, 3.05) is 5.32 Å². The van der Waals surface area contributed by atoms with E-state index in [9.17, 15) is 0 Å². The van der Waals surface area contributed by atoms with Crippen LogP contribution in [-0.4, -0.2) is 15.0 Å². The fraction of sp³-hybridized carbons (Fsp3) is 0.300. The van der Waals surface area contributed by atoms with Gasteiger partial charge in [0.15, 0.2) is 0 Å². The molecule has 0 fully saturated rings. The Balaban J connectivity index is 2.13.